The minimum absolute atomic E-state index is 0.0120. The van der Waals surface area contributed by atoms with Crippen molar-refractivity contribution >= 4 is 5.91 Å². The first-order valence-corrected chi connectivity index (χ1v) is 7.24. The van der Waals surface area contributed by atoms with E-state index in [0.29, 0.717) is 13.1 Å². The van der Waals surface area contributed by atoms with Crippen LogP contribution in [0, 0.1) is 0 Å². The lowest BCUT2D eigenvalue weighted by atomic mass is 10.1. The average molecular weight is 276 g/mol. The van der Waals surface area contributed by atoms with E-state index in [1.165, 1.54) is 0 Å². The molecular formula is C16H24N2O2. The van der Waals surface area contributed by atoms with Crippen molar-refractivity contribution in [3.63, 3.8) is 0 Å². The number of carbonyl (C=O) groups is 1. The van der Waals surface area contributed by atoms with Crippen molar-refractivity contribution in [1.82, 2.24) is 10.6 Å². The van der Waals surface area contributed by atoms with Crippen LogP contribution in [0.2, 0.25) is 0 Å². The molecule has 1 saturated heterocycles. The molecule has 1 atom stereocenters. The molecule has 2 rings (SSSR count). The molecule has 0 bridgehead atoms. The summed E-state index contributed by atoms with van der Waals surface area (Å²) in [4.78, 5) is 11.7. The third-order valence-corrected chi connectivity index (χ3v) is 3.54. The zero-order chi connectivity index (χ0) is 14.4. The lowest BCUT2D eigenvalue weighted by molar-refractivity contribution is -0.120. The minimum Gasteiger partial charge on any atom is -0.371 e. The zero-order valence-corrected chi connectivity index (χ0v) is 12.3. The van der Waals surface area contributed by atoms with Gasteiger partial charge in [-0.15, -0.1) is 0 Å². The summed E-state index contributed by atoms with van der Waals surface area (Å²) in [6.07, 6.45) is 2.37. The Morgan fingerprint density at radius 2 is 2.10 bits per heavy atom. The van der Waals surface area contributed by atoms with Crippen LogP contribution in [-0.4, -0.2) is 30.7 Å². The molecule has 0 aromatic heterocycles. The van der Waals surface area contributed by atoms with E-state index in [9.17, 15) is 4.79 Å². The second-order valence-corrected chi connectivity index (χ2v) is 5.93. The van der Waals surface area contributed by atoms with E-state index in [0.717, 1.165) is 24.9 Å². The van der Waals surface area contributed by atoms with Gasteiger partial charge in [-0.3, -0.25) is 4.79 Å². The standard InChI is InChI=1S/C16H24N2O2/c1-16(2)9-8-14(20-16)11-17-12-15(19)18-10-13-6-4-3-5-7-13/h3-7,14,17H,8-12H2,1-2H3,(H,18,19). The summed E-state index contributed by atoms with van der Waals surface area (Å²) in [5.41, 5.74) is 1.10. The summed E-state index contributed by atoms with van der Waals surface area (Å²) in [7, 11) is 0. The Morgan fingerprint density at radius 1 is 1.35 bits per heavy atom. The van der Waals surface area contributed by atoms with Crippen molar-refractivity contribution in [3.05, 3.63) is 35.9 Å². The van der Waals surface area contributed by atoms with Gasteiger partial charge in [0.2, 0.25) is 5.91 Å². The molecule has 0 aliphatic carbocycles. The maximum Gasteiger partial charge on any atom is 0.234 e. The van der Waals surface area contributed by atoms with Gasteiger partial charge in [-0.2, -0.15) is 0 Å². The Balaban J connectivity index is 1.59. The van der Waals surface area contributed by atoms with Gasteiger partial charge in [0.05, 0.1) is 18.2 Å². The number of carbonyl (C=O) groups excluding carboxylic acids is 1. The molecule has 1 heterocycles. The van der Waals surface area contributed by atoms with Crippen LogP contribution in [0.25, 0.3) is 0 Å². The molecule has 0 radical (unpaired) electrons. The van der Waals surface area contributed by atoms with Crippen LogP contribution >= 0.6 is 0 Å². The fourth-order valence-corrected chi connectivity index (χ4v) is 2.43. The highest BCUT2D eigenvalue weighted by Crippen LogP contribution is 2.28. The van der Waals surface area contributed by atoms with E-state index < -0.39 is 0 Å². The van der Waals surface area contributed by atoms with E-state index in [1.54, 1.807) is 0 Å². The molecule has 1 unspecified atom stereocenters. The highest BCUT2D eigenvalue weighted by molar-refractivity contribution is 5.77. The van der Waals surface area contributed by atoms with Crippen LogP contribution in [0.4, 0.5) is 0 Å². The fraction of sp³-hybridized carbons (Fsp3) is 0.562. The van der Waals surface area contributed by atoms with Crippen LogP contribution in [0.3, 0.4) is 0 Å². The molecule has 1 aromatic carbocycles. The molecule has 110 valence electrons. The van der Waals surface area contributed by atoms with Gasteiger partial charge in [-0.05, 0) is 32.3 Å². The van der Waals surface area contributed by atoms with Gasteiger partial charge in [0, 0.05) is 13.1 Å². The van der Waals surface area contributed by atoms with E-state index in [4.69, 9.17) is 4.74 Å². The quantitative estimate of drug-likeness (QED) is 0.833. The lowest BCUT2D eigenvalue weighted by Crippen LogP contribution is -2.37. The number of amides is 1. The molecule has 20 heavy (non-hydrogen) atoms. The molecule has 1 aromatic rings. The summed E-state index contributed by atoms with van der Waals surface area (Å²) in [6, 6.07) is 9.91. The summed E-state index contributed by atoms with van der Waals surface area (Å²) < 4.78 is 5.87. The Hall–Kier alpha value is -1.39. The molecule has 1 fully saturated rings. The summed E-state index contributed by atoms with van der Waals surface area (Å²) >= 11 is 0. The van der Waals surface area contributed by atoms with Crippen molar-refractivity contribution in [2.24, 2.45) is 0 Å². The van der Waals surface area contributed by atoms with E-state index in [2.05, 4.69) is 24.5 Å². The number of hydrogen-bond donors (Lipinski definition) is 2. The van der Waals surface area contributed by atoms with Gasteiger partial charge in [0.1, 0.15) is 0 Å². The molecule has 2 N–H and O–H groups in total. The fourth-order valence-electron chi connectivity index (χ4n) is 2.43. The first-order chi connectivity index (χ1) is 9.55. The lowest BCUT2D eigenvalue weighted by Gasteiger charge is -2.19. The second kappa shape index (κ2) is 6.86. The first kappa shape index (κ1) is 15.0. The Bertz CT molecular complexity index is 431. The average Bonchev–Trinajstić information content (AvgIpc) is 2.77. The predicted octanol–water partition coefficient (Wildman–Crippen LogP) is 1.85. The molecule has 1 aliphatic rings. The monoisotopic (exact) mass is 276 g/mol. The van der Waals surface area contributed by atoms with Gasteiger partial charge in [0.25, 0.3) is 0 Å². The maximum absolute atomic E-state index is 11.7. The molecule has 1 aliphatic heterocycles. The molecule has 0 saturated carbocycles. The van der Waals surface area contributed by atoms with Crippen molar-refractivity contribution in [1.29, 1.82) is 0 Å². The smallest absolute Gasteiger partial charge is 0.234 e. The largest absolute Gasteiger partial charge is 0.371 e. The number of benzene rings is 1. The van der Waals surface area contributed by atoms with Crippen LogP contribution in [0.15, 0.2) is 30.3 Å². The topological polar surface area (TPSA) is 50.4 Å². The molecule has 0 spiro atoms. The maximum atomic E-state index is 11.7. The SMILES string of the molecule is CC1(C)CCC(CNCC(=O)NCc2ccccc2)O1. The number of ether oxygens (including phenoxy) is 1. The van der Waals surface area contributed by atoms with Crippen molar-refractivity contribution in [2.75, 3.05) is 13.1 Å². The Kier molecular flexibility index (Phi) is 5.15. The normalized spacial score (nSPS) is 20.8. The van der Waals surface area contributed by atoms with Gasteiger partial charge in [0.15, 0.2) is 0 Å². The van der Waals surface area contributed by atoms with Crippen LogP contribution < -0.4 is 10.6 Å². The van der Waals surface area contributed by atoms with Crippen molar-refractivity contribution in [3.8, 4) is 0 Å². The third-order valence-electron chi connectivity index (χ3n) is 3.54. The number of rotatable bonds is 6. The first-order valence-electron chi connectivity index (χ1n) is 7.24. The summed E-state index contributed by atoms with van der Waals surface area (Å²) in [5, 5.41) is 6.06. The Morgan fingerprint density at radius 3 is 2.75 bits per heavy atom. The van der Waals surface area contributed by atoms with Crippen LogP contribution in [0.5, 0.6) is 0 Å². The summed E-state index contributed by atoms with van der Waals surface area (Å²) in [5.74, 6) is 0.0195. The Labute approximate surface area is 120 Å². The summed E-state index contributed by atoms with van der Waals surface area (Å²) in [6.45, 7) is 5.88. The number of nitrogens with one attached hydrogen (secondary N) is 2. The zero-order valence-electron chi connectivity index (χ0n) is 12.3. The highest BCUT2D eigenvalue weighted by atomic mass is 16.5. The van der Waals surface area contributed by atoms with Crippen molar-refractivity contribution < 1.29 is 9.53 Å². The predicted molar refractivity (Wildman–Crippen MR) is 79.3 cm³/mol. The number of hydrogen-bond acceptors (Lipinski definition) is 3. The van der Waals surface area contributed by atoms with E-state index >= 15 is 0 Å². The van der Waals surface area contributed by atoms with Crippen LogP contribution in [0.1, 0.15) is 32.3 Å². The molecule has 4 heteroatoms. The van der Waals surface area contributed by atoms with Gasteiger partial charge in [-0.1, -0.05) is 30.3 Å². The third kappa shape index (κ3) is 4.94. The molecular weight excluding hydrogens is 252 g/mol. The van der Waals surface area contributed by atoms with E-state index in [1.807, 2.05) is 30.3 Å². The molecule has 4 nitrogen and oxygen atoms in total. The van der Waals surface area contributed by atoms with Gasteiger partial charge >= 0.3 is 0 Å². The van der Waals surface area contributed by atoms with Gasteiger partial charge < -0.3 is 15.4 Å². The van der Waals surface area contributed by atoms with Gasteiger partial charge in [-0.25, -0.2) is 0 Å². The van der Waals surface area contributed by atoms with Crippen LogP contribution in [-0.2, 0) is 16.1 Å². The highest BCUT2D eigenvalue weighted by Gasteiger charge is 2.31. The van der Waals surface area contributed by atoms with E-state index in [-0.39, 0.29) is 17.6 Å². The second-order valence-electron chi connectivity index (χ2n) is 5.93. The van der Waals surface area contributed by atoms with Crippen molar-refractivity contribution in [2.45, 2.75) is 44.9 Å². The molecule has 1 amide bonds. The minimum atomic E-state index is -0.0120.